The van der Waals surface area contributed by atoms with Crippen molar-refractivity contribution in [2.24, 2.45) is 0 Å². The molecule has 1 aromatic carbocycles. The standard InChI is InChI=1S/C24H28F2N6O2/c1-14-27-13-22(34-14)15-5-6-16-12-28-23(30-21(16)7-15)31-24(33)32-19-3-2-4-20(32)9-17(8-19)29-18(10-25)11-26/h5-7,12-13,17-20,29H,2-4,8-11H2,1H3,(H,28,30,31,33)/t17?,19-,20+. The minimum absolute atomic E-state index is 0.00548. The molecular weight excluding hydrogens is 442 g/mol. The number of alkyl halides is 2. The number of oxazole rings is 1. The van der Waals surface area contributed by atoms with E-state index in [9.17, 15) is 13.6 Å². The van der Waals surface area contributed by atoms with E-state index in [2.05, 4.69) is 25.6 Å². The van der Waals surface area contributed by atoms with Crippen LogP contribution in [0.2, 0.25) is 0 Å². The lowest BCUT2D eigenvalue weighted by molar-refractivity contribution is 0.0565. The fourth-order valence-corrected chi connectivity index (χ4v) is 5.20. The summed E-state index contributed by atoms with van der Waals surface area (Å²) in [6.07, 6.45) is 7.49. The largest absolute Gasteiger partial charge is 0.441 e. The molecule has 0 saturated carbocycles. The summed E-state index contributed by atoms with van der Waals surface area (Å²) >= 11 is 0. The predicted octanol–water partition coefficient (Wildman–Crippen LogP) is 4.41. The van der Waals surface area contributed by atoms with Gasteiger partial charge >= 0.3 is 6.03 Å². The molecule has 34 heavy (non-hydrogen) atoms. The van der Waals surface area contributed by atoms with E-state index >= 15 is 0 Å². The summed E-state index contributed by atoms with van der Waals surface area (Å²) in [7, 11) is 0. The first-order chi connectivity index (χ1) is 16.5. The first kappa shape index (κ1) is 22.6. The van der Waals surface area contributed by atoms with E-state index in [0.29, 0.717) is 30.0 Å². The Bertz CT molecular complexity index is 1150. The van der Waals surface area contributed by atoms with Gasteiger partial charge in [-0.25, -0.2) is 28.5 Å². The van der Waals surface area contributed by atoms with Crippen LogP contribution in [0.5, 0.6) is 0 Å². The van der Waals surface area contributed by atoms with E-state index in [1.54, 1.807) is 19.3 Å². The maximum Gasteiger partial charge on any atom is 0.324 e. The third-order valence-corrected chi connectivity index (χ3v) is 6.76. The smallest absolute Gasteiger partial charge is 0.324 e. The normalized spacial score (nSPS) is 22.4. The van der Waals surface area contributed by atoms with Crippen molar-refractivity contribution >= 4 is 22.9 Å². The van der Waals surface area contributed by atoms with E-state index in [1.807, 2.05) is 23.1 Å². The maximum atomic E-state index is 13.2. The molecule has 4 heterocycles. The van der Waals surface area contributed by atoms with Gasteiger partial charge in [0.1, 0.15) is 13.3 Å². The highest BCUT2D eigenvalue weighted by Crippen LogP contribution is 2.35. The quantitative estimate of drug-likeness (QED) is 0.554. The number of aryl methyl sites for hydroxylation is 1. The number of amides is 2. The number of hydrogen-bond donors (Lipinski definition) is 2. The molecule has 0 radical (unpaired) electrons. The van der Waals surface area contributed by atoms with Crippen LogP contribution in [0.1, 0.15) is 38.0 Å². The highest BCUT2D eigenvalue weighted by atomic mass is 19.1. The number of aromatic nitrogens is 3. The number of fused-ring (bicyclic) bond motifs is 3. The first-order valence-corrected chi connectivity index (χ1v) is 11.7. The number of carbonyl (C=O) groups is 1. The van der Waals surface area contributed by atoms with Crippen LogP contribution in [0.4, 0.5) is 19.5 Å². The molecule has 2 aromatic heterocycles. The molecule has 5 rings (SSSR count). The number of benzene rings is 1. The minimum atomic E-state index is -0.775. The summed E-state index contributed by atoms with van der Waals surface area (Å²) in [5.74, 6) is 1.47. The molecule has 2 aliphatic heterocycles. The molecule has 1 unspecified atom stereocenters. The number of halogens is 2. The second-order valence-corrected chi connectivity index (χ2v) is 9.13. The van der Waals surface area contributed by atoms with Crippen LogP contribution < -0.4 is 10.6 Å². The summed E-state index contributed by atoms with van der Waals surface area (Å²) in [5.41, 5.74) is 1.52. The average Bonchev–Trinajstić information content (AvgIpc) is 3.27. The van der Waals surface area contributed by atoms with Crippen LogP contribution in [0.25, 0.3) is 22.2 Å². The van der Waals surface area contributed by atoms with Gasteiger partial charge in [0.05, 0.1) is 17.8 Å². The van der Waals surface area contributed by atoms with Gasteiger partial charge < -0.3 is 14.6 Å². The number of carbonyl (C=O) groups excluding carboxylic acids is 1. The van der Waals surface area contributed by atoms with Crippen molar-refractivity contribution in [1.29, 1.82) is 0 Å². The summed E-state index contributed by atoms with van der Waals surface area (Å²) in [5, 5.41) is 6.79. The summed E-state index contributed by atoms with van der Waals surface area (Å²) in [4.78, 5) is 28.1. The number of piperidine rings is 2. The fourth-order valence-electron chi connectivity index (χ4n) is 5.20. The zero-order valence-corrected chi connectivity index (χ0v) is 19.0. The van der Waals surface area contributed by atoms with Crippen LogP contribution in [-0.2, 0) is 0 Å². The Labute approximate surface area is 196 Å². The van der Waals surface area contributed by atoms with Crippen molar-refractivity contribution in [3.05, 3.63) is 36.5 Å². The van der Waals surface area contributed by atoms with Crippen LogP contribution >= 0.6 is 0 Å². The monoisotopic (exact) mass is 470 g/mol. The third kappa shape index (κ3) is 4.59. The summed E-state index contributed by atoms with van der Waals surface area (Å²) in [6.45, 7) is 0.322. The van der Waals surface area contributed by atoms with Gasteiger partial charge in [0.2, 0.25) is 5.95 Å². The van der Waals surface area contributed by atoms with Crippen LogP contribution in [0.15, 0.2) is 35.0 Å². The van der Waals surface area contributed by atoms with E-state index in [1.165, 1.54) is 0 Å². The van der Waals surface area contributed by atoms with Gasteiger partial charge in [-0.2, -0.15) is 0 Å². The van der Waals surface area contributed by atoms with Crippen molar-refractivity contribution in [3.63, 3.8) is 0 Å². The lowest BCUT2D eigenvalue weighted by Gasteiger charge is -2.49. The van der Waals surface area contributed by atoms with E-state index < -0.39 is 19.4 Å². The molecule has 3 aromatic rings. The Morgan fingerprint density at radius 2 is 1.94 bits per heavy atom. The molecule has 2 saturated heterocycles. The first-order valence-electron chi connectivity index (χ1n) is 11.7. The number of anilines is 1. The van der Waals surface area contributed by atoms with Crippen molar-refractivity contribution < 1.29 is 18.0 Å². The molecule has 2 N–H and O–H groups in total. The number of urea groups is 1. The van der Waals surface area contributed by atoms with E-state index in [0.717, 1.165) is 30.2 Å². The topological polar surface area (TPSA) is 96.2 Å². The molecule has 3 atom stereocenters. The van der Waals surface area contributed by atoms with E-state index in [-0.39, 0.29) is 30.1 Å². The molecule has 2 aliphatic rings. The van der Waals surface area contributed by atoms with Gasteiger partial charge in [-0.15, -0.1) is 0 Å². The van der Waals surface area contributed by atoms with Crippen molar-refractivity contribution in [1.82, 2.24) is 25.2 Å². The zero-order chi connectivity index (χ0) is 23.7. The maximum absolute atomic E-state index is 13.2. The molecule has 10 heteroatoms. The number of rotatable bonds is 6. The van der Waals surface area contributed by atoms with Crippen molar-refractivity contribution in [3.8, 4) is 11.3 Å². The van der Waals surface area contributed by atoms with Crippen LogP contribution in [-0.4, -0.2) is 63.4 Å². The SMILES string of the molecule is Cc1ncc(-c2ccc3cnc(NC(=O)N4[C@@H]5CCC[C@H]4CC(NC(CF)CF)C5)nc3c2)o1. The summed E-state index contributed by atoms with van der Waals surface area (Å²) < 4.78 is 31.6. The van der Waals surface area contributed by atoms with Gasteiger partial charge in [0.25, 0.3) is 0 Å². The van der Waals surface area contributed by atoms with Gasteiger partial charge in [-0.3, -0.25) is 5.32 Å². The minimum Gasteiger partial charge on any atom is -0.441 e. The molecule has 8 nitrogen and oxygen atoms in total. The van der Waals surface area contributed by atoms with Crippen LogP contribution in [0.3, 0.4) is 0 Å². The molecule has 2 amide bonds. The molecule has 0 spiro atoms. The average molecular weight is 471 g/mol. The third-order valence-electron chi connectivity index (χ3n) is 6.76. The molecule has 2 bridgehead atoms. The molecule has 0 aliphatic carbocycles. The van der Waals surface area contributed by atoms with E-state index in [4.69, 9.17) is 4.42 Å². The zero-order valence-electron chi connectivity index (χ0n) is 19.0. The highest BCUT2D eigenvalue weighted by Gasteiger charge is 2.41. The second-order valence-electron chi connectivity index (χ2n) is 9.13. The van der Waals surface area contributed by atoms with Gasteiger partial charge in [-0.05, 0) is 38.2 Å². The molecular formula is C24H28F2N6O2. The Balaban J connectivity index is 1.31. The predicted molar refractivity (Wildman–Crippen MR) is 124 cm³/mol. The van der Waals surface area contributed by atoms with Crippen molar-refractivity contribution in [2.75, 3.05) is 18.7 Å². The lowest BCUT2D eigenvalue weighted by Crippen LogP contribution is -2.60. The van der Waals surface area contributed by atoms with Gasteiger partial charge in [-0.1, -0.05) is 12.1 Å². The molecule has 2 fully saturated rings. The van der Waals surface area contributed by atoms with Crippen molar-refractivity contribution in [2.45, 2.75) is 63.2 Å². The number of nitrogens with zero attached hydrogens (tertiary/aromatic N) is 4. The molecule has 180 valence electrons. The Morgan fingerprint density at radius 3 is 2.62 bits per heavy atom. The Hall–Kier alpha value is -3.14. The second kappa shape index (κ2) is 9.61. The van der Waals surface area contributed by atoms with Crippen LogP contribution in [0, 0.1) is 6.92 Å². The highest BCUT2D eigenvalue weighted by molar-refractivity contribution is 5.90. The number of nitrogens with one attached hydrogen (secondary N) is 2. The van der Waals surface area contributed by atoms with Gasteiger partial charge in [0.15, 0.2) is 11.7 Å². The number of hydrogen-bond acceptors (Lipinski definition) is 6. The lowest BCUT2D eigenvalue weighted by atomic mass is 9.81. The van der Waals surface area contributed by atoms with Gasteiger partial charge in [0, 0.05) is 42.2 Å². The summed E-state index contributed by atoms with van der Waals surface area (Å²) in [6, 6.07) is 4.73. The fraction of sp³-hybridized carbons (Fsp3) is 0.500. The Morgan fingerprint density at radius 1 is 1.18 bits per heavy atom. The Kier molecular flexibility index (Phi) is 6.40.